The van der Waals surface area contributed by atoms with Crippen LogP contribution >= 0.6 is 0 Å². The average molecular weight is 268 g/mol. The lowest BCUT2D eigenvalue weighted by molar-refractivity contribution is 0.249. The minimum Gasteiger partial charge on any atom is -0.353 e. The lowest BCUT2D eigenvalue weighted by atomic mass is 10.2. The molecule has 1 saturated heterocycles. The molecule has 1 aromatic heterocycles. The number of aryl methyl sites for hydroxylation is 1. The second-order valence-corrected chi connectivity index (χ2v) is 5.26. The SMILES string of the molecule is Cc1cnc(N2CCN(Cc3ccccc3)CC2)cn1. The molecule has 1 fully saturated rings. The summed E-state index contributed by atoms with van der Waals surface area (Å²) in [6.07, 6.45) is 3.72. The molecule has 2 aromatic rings. The van der Waals surface area contributed by atoms with Crippen LogP contribution in [0.1, 0.15) is 11.3 Å². The highest BCUT2D eigenvalue weighted by Crippen LogP contribution is 2.14. The smallest absolute Gasteiger partial charge is 0.147 e. The van der Waals surface area contributed by atoms with E-state index >= 15 is 0 Å². The van der Waals surface area contributed by atoms with Gasteiger partial charge in [-0.2, -0.15) is 0 Å². The molecule has 4 nitrogen and oxygen atoms in total. The molecule has 1 aromatic carbocycles. The van der Waals surface area contributed by atoms with Crippen LogP contribution in [-0.2, 0) is 6.54 Å². The van der Waals surface area contributed by atoms with Crippen molar-refractivity contribution in [2.24, 2.45) is 0 Å². The van der Waals surface area contributed by atoms with Gasteiger partial charge in [-0.3, -0.25) is 9.88 Å². The summed E-state index contributed by atoms with van der Waals surface area (Å²) in [6.45, 7) is 7.19. The van der Waals surface area contributed by atoms with Gasteiger partial charge in [-0.25, -0.2) is 4.98 Å². The number of hydrogen-bond donors (Lipinski definition) is 0. The molecule has 4 heteroatoms. The molecular formula is C16H20N4. The molecule has 104 valence electrons. The molecular weight excluding hydrogens is 248 g/mol. The van der Waals surface area contributed by atoms with Crippen molar-refractivity contribution in [2.75, 3.05) is 31.1 Å². The highest BCUT2D eigenvalue weighted by atomic mass is 15.3. The van der Waals surface area contributed by atoms with Gasteiger partial charge >= 0.3 is 0 Å². The molecule has 0 atom stereocenters. The Labute approximate surface area is 120 Å². The summed E-state index contributed by atoms with van der Waals surface area (Å²) in [6, 6.07) is 10.7. The third kappa shape index (κ3) is 3.14. The summed E-state index contributed by atoms with van der Waals surface area (Å²) in [5, 5.41) is 0. The van der Waals surface area contributed by atoms with E-state index in [1.165, 1.54) is 5.56 Å². The molecule has 3 rings (SSSR count). The van der Waals surface area contributed by atoms with Crippen LogP contribution in [0, 0.1) is 6.92 Å². The van der Waals surface area contributed by atoms with Crippen LogP contribution in [0.4, 0.5) is 5.82 Å². The number of rotatable bonds is 3. The van der Waals surface area contributed by atoms with E-state index in [4.69, 9.17) is 0 Å². The summed E-state index contributed by atoms with van der Waals surface area (Å²) in [4.78, 5) is 13.6. The molecule has 20 heavy (non-hydrogen) atoms. The van der Waals surface area contributed by atoms with Gasteiger partial charge < -0.3 is 4.90 Å². The van der Waals surface area contributed by atoms with Crippen molar-refractivity contribution in [2.45, 2.75) is 13.5 Å². The molecule has 0 aliphatic carbocycles. The summed E-state index contributed by atoms with van der Waals surface area (Å²) in [7, 11) is 0. The molecule has 0 bridgehead atoms. The second-order valence-electron chi connectivity index (χ2n) is 5.26. The highest BCUT2D eigenvalue weighted by molar-refractivity contribution is 5.36. The molecule has 0 saturated carbocycles. The molecule has 0 amide bonds. The van der Waals surface area contributed by atoms with Crippen LogP contribution in [0.15, 0.2) is 42.7 Å². The first-order valence-electron chi connectivity index (χ1n) is 7.11. The van der Waals surface area contributed by atoms with Crippen LogP contribution in [-0.4, -0.2) is 41.0 Å². The first kappa shape index (κ1) is 13.1. The van der Waals surface area contributed by atoms with E-state index < -0.39 is 0 Å². The number of nitrogens with zero attached hydrogens (tertiary/aromatic N) is 4. The zero-order valence-electron chi connectivity index (χ0n) is 11.9. The number of benzene rings is 1. The topological polar surface area (TPSA) is 32.3 Å². The van der Waals surface area contributed by atoms with Crippen molar-refractivity contribution in [3.8, 4) is 0 Å². The number of piperazine rings is 1. The summed E-state index contributed by atoms with van der Waals surface area (Å²) in [5.74, 6) is 0.995. The van der Waals surface area contributed by atoms with Crippen molar-refractivity contribution >= 4 is 5.82 Å². The van der Waals surface area contributed by atoms with E-state index in [2.05, 4.69) is 50.1 Å². The molecule has 1 aliphatic rings. The summed E-state index contributed by atoms with van der Waals surface area (Å²) in [5.41, 5.74) is 2.35. The van der Waals surface area contributed by atoms with Gasteiger partial charge in [0.25, 0.3) is 0 Å². The standard InChI is InChI=1S/C16H20N4/c1-14-11-18-16(12-17-14)20-9-7-19(8-10-20)13-15-5-3-2-4-6-15/h2-6,11-12H,7-10,13H2,1H3. The van der Waals surface area contributed by atoms with Crippen LogP contribution in [0.25, 0.3) is 0 Å². The Kier molecular flexibility index (Phi) is 3.92. The van der Waals surface area contributed by atoms with Gasteiger partial charge in [-0.15, -0.1) is 0 Å². The predicted octanol–water partition coefficient (Wildman–Crippen LogP) is 2.11. The maximum Gasteiger partial charge on any atom is 0.147 e. The van der Waals surface area contributed by atoms with E-state index in [1.807, 2.05) is 19.3 Å². The second kappa shape index (κ2) is 6.01. The minimum absolute atomic E-state index is 0.969. The van der Waals surface area contributed by atoms with E-state index in [9.17, 15) is 0 Å². The van der Waals surface area contributed by atoms with Gasteiger partial charge in [0.15, 0.2) is 0 Å². The molecule has 0 radical (unpaired) electrons. The van der Waals surface area contributed by atoms with Crippen molar-refractivity contribution < 1.29 is 0 Å². The summed E-state index contributed by atoms with van der Waals surface area (Å²) >= 11 is 0. The van der Waals surface area contributed by atoms with Crippen molar-refractivity contribution in [1.29, 1.82) is 0 Å². The van der Waals surface area contributed by atoms with E-state index in [1.54, 1.807) is 0 Å². The zero-order valence-corrected chi connectivity index (χ0v) is 11.9. The van der Waals surface area contributed by atoms with E-state index in [-0.39, 0.29) is 0 Å². The lowest BCUT2D eigenvalue weighted by Crippen LogP contribution is -2.46. The highest BCUT2D eigenvalue weighted by Gasteiger charge is 2.18. The Hall–Kier alpha value is -1.94. The number of hydrogen-bond acceptors (Lipinski definition) is 4. The van der Waals surface area contributed by atoms with E-state index in [0.717, 1.165) is 44.2 Å². The monoisotopic (exact) mass is 268 g/mol. The normalized spacial score (nSPS) is 16.4. The van der Waals surface area contributed by atoms with Crippen molar-refractivity contribution in [3.05, 3.63) is 54.0 Å². The van der Waals surface area contributed by atoms with Crippen LogP contribution in [0.3, 0.4) is 0 Å². The maximum atomic E-state index is 4.46. The number of aromatic nitrogens is 2. The fourth-order valence-electron chi connectivity index (χ4n) is 2.53. The van der Waals surface area contributed by atoms with Crippen molar-refractivity contribution in [1.82, 2.24) is 14.9 Å². The Bertz CT molecular complexity index is 530. The quantitative estimate of drug-likeness (QED) is 0.853. The average Bonchev–Trinajstić information content (AvgIpc) is 2.50. The molecule has 0 unspecified atom stereocenters. The van der Waals surface area contributed by atoms with Crippen LogP contribution in [0.5, 0.6) is 0 Å². The fraction of sp³-hybridized carbons (Fsp3) is 0.375. The minimum atomic E-state index is 0.969. The van der Waals surface area contributed by atoms with Crippen LogP contribution < -0.4 is 4.90 Å². The van der Waals surface area contributed by atoms with Gasteiger partial charge in [0.05, 0.1) is 18.1 Å². The maximum absolute atomic E-state index is 4.46. The molecule has 2 heterocycles. The Morgan fingerprint density at radius 2 is 1.70 bits per heavy atom. The van der Waals surface area contributed by atoms with Crippen molar-refractivity contribution in [3.63, 3.8) is 0 Å². The molecule has 0 spiro atoms. The first-order valence-corrected chi connectivity index (χ1v) is 7.11. The molecule has 1 aliphatic heterocycles. The molecule has 0 N–H and O–H groups in total. The Morgan fingerprint density at radius 1 is 0.950 bits per heavy atom. The van der Waals surface area contributed by atoms with Gasteiger partial charge in [-0.1, -0.05) is 30.3 Å². The lowest BCUT2D eigenvalue weighted by Gasteiger charge is -2.35. The Morgan fingerprint density at radius 3 is 2.35 bits per heavy atom. The fourth-order valence-corrected chi connectivity index (χ4v) is 2.53. The van der Waals surface area contributed by atoms with Gasteiger partial charge in [0.1, 0.15) is 5.82 Å². The van der Waals surface area contributed by atoms with E-state index in [0.29, 0.717) is 0 Å². The van der Waals surface area contributed by atoms with Gasteiger partial charge in [0.2, 0.25) is 0 Å². The Balaban J connectivity index is 1.55. The first-order chi connectivity index (χ1) is 9.81. The predicted molar refractivity (Wildman–Crippen MR) is 80.7 cm³/mol. The third-order valence-electron chi connectivity index (χ3n) is 3.71. The number of anilines is 1. The zero-order chi connectivity index (χ0) is 13.8. The van der Waals surface area contributed by atoms with Gasteiger partial charge in [0, 0.05) is 32.7 Å². The van der Waals surface area contributed by atoms with Gasteiger partial charge in [-0.05, 0) is 12.5 Å². The summed E-state index contributed by atoms with van der Waals surface area (Å²) < 4.78 is 0. The largest absolute Gasteiger partial charge is 0.353 e. The van der Waals surface area contributed by atoms with Crippen LogP contribution in [0.2, 0.25) is 0 Å². The third-order valence-corrected chi connectivity index (χ3v) is 3.71.